The van der Waals surface area contributed by atoms with E-state index in [1.165, 1.54) is 13.2 Å². The van der Waals surface area contributed by atoms with Crippen molar-refractivity contribution in [2.24, 2.45) is 0 Å². The summed E-state index contributed by atoms with van der Waals surface area (Å²) in [5, 5.41) is 2.79. The minimum atomic E-state index is -0.203. The molecule has 2 aromatic rings. The topological polar surface area (TPSA) is 80.2 Å². The molecule has 1 fully saturated rings. The van der Waals surface area contributed by atoms with Crippen molar-refractivity contribution >= 4 is 17.9 Å². The Morgan fingerprint density at radius 3 is 2.68 bits per heavy atom. The van der Waals surface area contributed by atoms with E-state index in [1.807, 2.05) is 30.3 Å². The number of amides is 1. The average molecular weight is 339 g/mol. The lowest BCUT2D eigenvalue weighted by Crippen LogP contribution is -2.25. The molecule has 1 aromatic heterocycles. The second-order valence-corrected chi connectivity index (χ2v) is 5.69. The third-order valence-electron chi connectivity index (χ3n) is 3.87. The highest BCUT2D eigenvalue weighted by Crippen LogP contribution is 2.17. The van der Waals surface area contributed by atoms with Crippen molar-refractivity contribution in [1.82, 2.24) is 20.3 Å². The van der Waals surface area contributed by atoms with E-state index in [0.29, 0.717) is 11.8 Å². The molecule has 1 aromatic carbocycles. The molecular formula is C18H21N5O2. The van der Waals surface area contributed by atoms with E-state index in [1.54, 1.807) is 6.08 Å². The number of ether oxygens (including phenoxy) is 1. The van der Waals surface area contributed by atoms with E-state index in [9.17, 15) is 4.79 Å². The van der Waals surface area contributed by atoms with E-state index >= 15 is 0 Å². The number of aromatic nitrogens is 3. The quantitative estimate of drug-likeness (QED) is 0.809. The molecule has 25 heavy (non-hydrogen) atoms. The highest BCUT2D eigenvalue weighted by atomic mass is 16.5. The first kappa shape index (κ1) is 16.9. The minimum Gasteiger partial charge on any atom is -0.467 e. The fourth-order valence-electron chi connectivity index (χ4n) is 2.58. The third kappa shape index (κ3) is 4.76. The lowest BCUT2D eigenvalue weighted by molar-refractivity contribution is -0.116. The van der Waals surface area contributed by atoms with Crippen molar-refractivity contribution in [3.8, 4) is 6.01 Å². The maximum atomic E-state index is 12.0. The van der Waals surface area contributed by atoms with Crippen LogP contribution in [-0.2, 0) is 11.3 Å². The van der Waals surface area contributed by atoms with Crippen molar-refractivity contribution < 1.29 is 9.53 Å². The van der Waals surface area contributed by atoms with Gasteiger partial charge >= 0.3 is 6.01 Å². The summed E-state index contributed by atoms with van der Waals surface area (Å²) in [6.07, 6.45) is 5.52. The largest absolute Gasteiger partial charge is 0.467 e. The maximum absolute atomic E-state index is 12.0. The summed E-state index contributed by atoms with van der Waals surface area (Å²) in [7, 11) is 1.52. The number of hydrogen-bond donors (Lipinski definition) is 1. The maximum Gasteiger partial charge on any atom is 0.321 e. The van der Waals surface area contributed by atoms with Gasteiger partial charge in [0.2, 0.25) is 11.9 Å². The van der Waals surface area contributed by atoms with Gasteiger partial charge < -0.3 is 15.0 Å². The van der Waals surface area contributed by atoms with Gasteiger partial charge in [-0.05, 0) is 24.5 Å². The average Bonchev–Trinajstić information content (AvgIpc) is 3.20. The van der Waals surface area contributed by atoms with Crippen molar-refractivity contribution in [1.29, 1.82) is 0 Å². The van der Waals surface area contributed by atoms with Crippen molar-refractivity contribution in [3.05, 3.63) is 47.8 Å². The van der Waals surface area contributed by atoms with Crippen molar-refractivity contribution in [3.63, 3.8) is 0 Å². The molecule has 0 aliphatic carbocycles. The second-order valence-electron chi connectivity index (χ2n) is 5.69. The zero-order valence-electron chi connectivity index (χ0n) is 14.2. The predicted molar refractivity (Wildman–Crippen MR) is 95.1 cm³/mol. The Balaban J connectivity index is 1.62. The number of carbonyl (C=O) groups excluding carboxylic acids is 1. The molecule has 0 spiro atoms. The van der Waals surface area contributed by atoms with Gasteiger partial charge in [-0.3, -0.25) is 4.79 Å². The van der Waals surface area contributed by atoms with Crippen LogP contribution in [0.3, 0.4) is 0 Å². The minimum absolute atomic E-state index is 0.203. The number of hydrogen-bond acceptors (Lipinski definition) is 6. The Bertz CT molecular complexity index is 742. The van der Waals surface area contributed by atoms with Crippen LogP contribution in [-0.4, -0.2) is 41.1 Å². The highest BCUT2D eigenvalue weighted by molar-refractivity contribution is 5.91. The molecule has 3 rings (SSSR count). The van der Waals surface area contributed by atoms with Crippen LogP contribution in [0.4, 0.5) is 5.95 Å². The van der Waals surface area contributed by atoms with Gasteiger partial charge in [-0.1, -0.05) is 30.3 Å². The highest BCUT2D eigenvalue weighted by Gasteiger charge is 2.17. The van der Waals surface area contributed by atoms with Crippen LogP contribution in [0.1, 0.15) is 24.2 Å². The Hall–Kier alpha value is -2.96. The summed E-state index contributed by atoms with van der Waals surface area (Å²) in [5.41, 5.74) is 0.968. The van der Waals surface area contributed by atoms with Crippen LogP contribution in [0.2, 0.25) is 0 Å². The van der Waals surface area contributed by atoms with Gasteiger partial charge in [0, 0.05) is 19.2 Å². The van der Waals surface area contributed by atoms with Gasteiger partial charge in [0.1, 0.15) is 0 Å². The van der Waals surface area contributed by atoms with Gasteiger partial charge in [0.25, 0.3) is 0 Å². The molecule has 130 valence electrons. The second kappa shape index (κ2) is 8.23. The summed E-state index contributed by atoms with van der Waals surface area (Å²) in [6.45, 7) is 2.08. The summed E-state index contributed by atoms with van der Waals surface area (Å²) in [6, 6.07) is 9.92. The van der Waals surface area contributed by atoms with E-state index < -0.39 is 0 Å². The van der Waals surface area contributed by atoms with Crippen LogP contribution in [0.25, 0.3) is 6.08 Å². The molecule has 0 bridgehead atoms. The standard InChI is InChI=1S/C18H21N5O2/c1-25-18-21-15(20-17(22-18)23-11-5-6-12-23)13-19-16(24)10-9-14-7-3-2-4-8-14/h2-4,7-10H,5-6,11-13H2,1H3,(H,19,24). The molecule has 1 aliphatic rings. The molecule has 1 N–H and O–H groups in total. The van der Waals surface area contributed by atoms with Gasteiger partial charge in [-0.15, -0.1) is 0 Å². The molecule has 7 nitrogen and oxygen atoms in total. The molecule has 0 saturated carbocycles. The Kier molecular flexibility index (Phi) is 5.56. The molecular weight excluding hydrogens is 318 g/mol. The van der Waals surface area contributed by atoms with Crippen LogP contribution in [0.15, 0.2) is 36.4 Å². The fourth-order valence-corrected chi connectivity index (χ4v) is 2.58. The first-order chi connectivity index (χ1) is 12.2. The molecule has 1 saturated heterocycles. The monoisotopic (exact) mass is 339 g/mol. The number of nitrogens with one attached hydrogen (secondary N) is 1. The molecule has 0 radical (unpaired) electrons. The zero-order valence-corrected chi connectivity index (χ0v) is 14.2. The van der Waals surface area contributed by atoms with Gasteiger partial charge in [-0.25, -0.2) is 0 Å². The van der Waals surface area contributed by atoms with E-state index in [2.05, 4.69) is 25.2 Å². The third-order valence-corrected chi connectivity index (χ3v) is 3.87. The summed E-state index contributed by atoms with van der Waals surface area (Å²) < 4.78 is 5.15. The number of anilines is 1. The summed E-state index contributed by atoms with van der Waals surface area (Å²) in [5.74, 6) is 0.884. The normalized spacial score (nSPS) is 14.0. The molecule has 1 aliphatic heterocycles. The Labute approximate surface area is 146 Å². The van der Waals surface area contributed by atoms with Gasteiger partial charge in [-0.2, -0.15) is 15.0 Å². The number of nitrogens with zero attached hydrogens (tertiary/aromatic N) is 4. The van der Waals surface area contributed by atoms with Crippen LogP contribution in [0.5, 0.6) is 6.01 Å². The van der Waals surface area contributed by atoms with Gasteiger partial charge in [0.15, 0.2) is 5.82 Å². The zero-order chi connectivity index (χ0) is 17.5. The van der Waals surface area contributed by atoms with Crippen molar-refractivity contribution in [2.75, 3.05) is 25.1 Å². The fraction of sp³-hybridized carbons (Fsp3) is 0.333. The van der Waals surface area contributed by atoms with Crippen molar-refractivity contribution in [2.45, 2.75) is 19.4 Å². The van der Waals surface area contributed by atoms with E-state index in [0.717, 1.165) is 31.5 Å². The first-order valence-corrected chi connectivity index (χ1v) is 8.29. The number of benzene rings is 1. The Morgan fingerprint density at radius 1 is 1.20 bits per heavy atom. The summed E-state index contributed by atoms with van der Waals surface area (Å²) >= 11 is 0. The number of carbonyl (C=O) groups is 1. The lowest BCUT2D eigenvalue weighted by atomic mass is 10.2. The summed E-state index contributed by atoms with van der Waals surface area (Å²) in [4.78, 5) is 27.0. The predicted octanol–water partition coefficient (Wildman–Crippen LogP) is 1.81. The number of methoxy groups -OCH3 is 1. The Morgan fingerprint density at radius 2 is 1.96 bits per heavy atom. The molecule has 0 atom stereocenters. The number of rotatable bonds is 6. The molecule has 0 unspecified atom stereocenters. The first-order valence-electron chi connectivity index (χ1n) is 8.29. The molecule has 2 heterocycles. The lowest BCUT2D eigenvalue weighted by Gasteiger charge is -2.16. The molecule has 1 amide bonds. The van der Waals surface area contributed by atoms with Crippen LogP contribution < -0.4 is 15.0 Å². The van der Waals surface area contributed by atoms with Gasteiger partial charge in [0.05, 0.1) is 13.7 Å². The van der Waals surface area contributed by atoms with Crippen LogP contribution >= 0.6 is 0 Å². The van der Waals surface area contributed by atoms with E-state index in [4.69, 9.17) is 4.74 Å². The van der Waals surface area contributed by atoms with Crippen LogP contribution in [0, 0.1) is 0 Å². The van der Waals surface area contributed by atoms with E-state index in [-0.39, 0.29) is 18.5 Å². The molecule has 7 heteroatoms. The smallest absolute Gasteiger partial charge is 0.321 e. The SMILES string of the molecule is COc1nc(CNC(=O)C=Cc2ccccc2)nc(N2CCCC2)n1.